The Balaban J connectivity index is 1.79. The van der Waals surface area contributed by atoms with E-state index in [4.69, 9.17) is 0 Å². The van der Waals surface area contributed by atoms with E-state index in [1.807, 2.05) is 23.6 Å². The first kappa shape index (κ1) is 16.8. The molecule has 1 saturated heterocycles. The first-order valence-electron chi connectivity index (χ1n) is 8.98. The highest BCUT2D eigenvalue weighted by molar-refractivity contribution is 5.94. The Labute approximate surface area is 143 Å². The zero-order chi connectivity index (χ0) is 17.1. The second kappa shape index (κ2) is 7.23. The maximum Gasteiger partial charge on any atom is 0.317 e. The van der Waals surface area contributed by atoms with E-state index >= 15 is 0 Å². The third kappa shape index (κ3) is 3.25. The molecule has 0 unspecified atom stereocenters. The summed E-state index contributed by atoms with van der Waals surface area (Å²) in [6, 6.07) is -0.0530. The molecule has 0 aromatic carbocycles. The largest absolute Gasteiger partial charge is 0.338 e. The van der Waals surface area contributed by atoms with Gasteiger partial charge in [-0.1, -0.05) is 6.92 Å². The average molecular weight is 333 g/mol. The summed E-state index contributed by atoms with van der Waals surface area (Å²) >= 11 is 0. The van der Waals surface area contributed by atoms with E-state index in [0.29, 0.717) is 25.3 Å². The van der Waals surface area contributed by atoms with Crippen molar-refractivity contribution >= 4 is 11.9 Å². The number of nitrogens with zero attached hydrogens (tertiary/aromatic N) is 4. The molecule has 1 aromatic heterocycles. The number of nitrogens with one attached hydrogen (secondary N) is 1. The molecular formula is C17H27N5O2. The molecule has 1 aromatic rings. The van der Waals surface area contributed by atoms with Crippen LogP contribution in [-0.4, -0.2) is 57.7 Å². The highest BCUT2D eigenvalue weighted by Gasteiger charge is 2.31. The van der Waals surface area contributed by atoms with Gasteiger partial charge in [0.1, 0.15) is 0 Å². The Morgan fingerprint density at radius 1 is 1.12 bits per heavy atom. The van der Waals surface area contributed by atoms with E-state index in [1.54, 1.807) is 4.90 Å². The molecule has 0 radical (unpaired) electrons. The fraction of sp³-hybridized carbons (Fsp3) is 0.706. The number of amides is 3. The van der Waals surface area contributed by atoms with E-state index in [0.717, 1.165) is 50.0 Å². The van der Waals surface area contributed by atoms with Crippen molar-refractivity contribution in [3.8, 4) is 0 Å². The lowest BCUT2D eigenvalue weighted by Gasteiger charge is -2.29. The van der Waals surface area contributed by atoms with E-state index in [-0.39, 0.29) is 11.9 Å². The molecule has 3 heterocycles. The third-order valence-electron chi connectivity index (χ3n) is 4.90. The summed E-state index contributed by atoms with van der Waals surface area (Å²) in [6.45, 7) is 5.46. The zero-order valence-electron chi connectivity index (χ0n) is 14.7. The smallest absolute Gasteiger partial charge is 0.317 e. The molecule has 0 saturated carbocycles. The predicted molar refractivity (Wildman–Crippen MR) is 90.8 cm³/mol. The van der Waals surface area contributed by atoms with Crippen LogP contribution in [0.1, 0.15) is 54.4 Å². The predicted octanol–water partition coefficient (Wildman–Crippen LogP) is 1.52. The number of carbonyl (C=O) groups excluding carboxylic acids is 2. The monoisotopic (exact) mass is 333 g/mol. The minimum atomic E-state index is -0.0530. The normalized spacial score (nSPS) is 17.6. The van der Waals surface area contributed by atoms with Gasteiger partial charge in [0.15, 0.2) is 5.69 Å². The van der Waals surface area contributed by atoms with E-state index in [2.05, 4.69) is 10.4 Å². The highest BCUT2D eigenvalue weighted by Crippen LogP contribution is 2.24. The third-order valence-corrected chi connectivity index (χ3v) is 4.90. The van der Waals surface area contributed by atoms with Crippen molar-refractivity contribution in [3.05, 3.63) is 17.0 Å². The van der Waals surface area contributed by atoms with Crippen molar-refractivity contribution in [1.29, 1.82) is 0 Å². The van der Waals surface area contributed by atoms with Crippen molar-refractivity contribution in [2.24, 2.45) is 7.05 Å². The van der Waals surface area contributed by atoms with Crippen molar-refractivity contribution in [1.82, 2.24) is 24.9 Å². The van der Waals surface area contributed by atoms with Crippen LogP contribution >= 0.6 is 0 Å². The number of likely N-dealkylation sites (tertiary alicyclic amines) is 1. The molecule has 0 spiro atoms. The summed E-state index contributed by atoms with van der Waals surface area (Å²) in [5, 5.41) is 7.41. The van der Waals surface area contributed by atoms with Crippen LogP contribution in [0, 0.1) is 0 Å². The molecule has 1 N–H and O–H groups in total. The lowest BCUT2D eigenvalue weighted by atomic mass is 10.0. The van der Waals surface area contributed by atoms with Crippen LogP contribution in [0.4, 0.5) is 4.79 Å². The van der Waals surface area contributed by atoms with Crippen molar-refractivity contribution in [2.45, 2.75) is 45.6 Å². The maximum absolute atomic E-state index is 12.9. The second-order valence-electron chi connectivity index (χ2n) is 6.65. The molecule has 24 heavy (non-hydrogen) atoms. The Hall–Kier alpha value is -2.05. The molecule has 7 nitrogen and oxygen atoms in total. The quantitative estimate of drug-likeness (QED) is 0.912. The lowest BCUT2D eigenvalue weighted by molar-refractivity contribution is 0.0715. The van der Waals surface area contributed by atoms with E-state index in [9.17, 15) is 9.59 Å². The molecule has 3 amide bonds. The van der Waals surface area contributed by atoms with Gasteiger partial charge in [0.2, 0.25) is 0 Å². The topological polar surface area (TPSA) is 70.5 Å². The van der Waals surface area contributed by atoms with Crippen molar-refractivity contribution < 1.29 is 9.59 Å². The van der Waals surface area contributed by atoms with Gasteiger partial charge >= 0.3 is 6.03 Å². The molecule has 0 bridgehead atoms. The molecule has 0 aliphatic carbocycles. The average Bonchev–Trinajstić information content (AvgIpc) is 2.96. The summed E-state index contributed by atoms with van der Waals surface area (Å²) in [7, 11) is 1.89. The summed E-state index contributed by atoms with van der Waals surface area (Å²) in [5.41, 5.74) is 2.53. The van der Waals surface area contributed by atoms with Gasteiger partial charge in [-0.25, -0.2) is 4.79 Å². The van der Waals surface area contributed by atoms with Crippen LogP contribution in [0.25, 0.3) is 0 Å². The number of hydrogen-bond acceptors (Lipinski definition) is 3. The Kier molecular flexibility index (Phi) is 5.06. The zero-order valence-corrected chi connectivity index (χ0v) is 14.7. The van der Waals surface area contributed by atoms with Crippen molar-refractivity contribution in [2.75, 3.05) is 26.2 Å². The first-order valence-corrected chi connectivity index (χ1v) is 8.98. The van der Waals surface area contributed by atoms with Gasteiger partial charge in [-0.3, -0.25) is 9.48 Å². The second-order valence-corrected chi connectivity index (χ2v) is 6.65. The number of rotatable bonds is 3. The summed E-state index contributed by atoms with van der Waals surface area (Å²) in [6.07, 6.45) is 4.97. The Morgan fingerprint density at radius 3 is 2.58 bits per heavy atom. The molecule has 0 atom stereocenters. The van der Waals surface area contributed by atoms with Crippen LogP contribution < -0.4 is 5.32 Å². The number of hydrogen-bond donors (Lipinski definition) is 1. The number of aromatic nitrogens is 2. The van der Waals surface area contributed by atoms with Gasteiger partial charge in [-0.2, -0.15) is 5.10 Å². The fourth-order valence-corrected chi connectivity index (χ4v) is 3.53. The fourth-order valence-electron chi connectivity index (χ4n) is 3.53. The minimum absolute atomic E-state index is 0.0161. The molecule has 2 aliphatic rings. The molecule has 2 aliphatic heterocycles. The van der Waals surface area contributed by atoms with Gasteiger partial charge in [-0.15, -0.1) is 0 Å². The lowest BCUT2D eigenvalue weighted by Crippen LogP contribution is -2.43. The minimum Gasteiger partial charge on any atom is -0.338 e. The summed E-state index contributed by atoms with van der Waals surface area (Å²) < 4.78 is 1.81. The number of fused-ring (bicyclic) bond motifs is 1. The molecular weight excluding hydrogens is 306 g/mol. The maximum atomic E-state index is 12.9. The SMILES string of the molecule is CCCNC(=O)N1CCc2c(c(C(=O)N3CCCCC3)nn2C)C1. The standard InChI is InChI=1S/C17H27N5O2/c1-3-8-18-17(24)22-11-7-14-13(12-22)15(19-20(14)2)16(23)21-9-5-4-6-10-21/h3-12H2,1-2H3,(H,18,24). The molecule has 7 heteroatoms. The summed E-state index contributed by atoms with van der Waals surface area (Å²) in [4.78, 5) is 28.8. The molecule has 3 rings (SSSR count). The van der Waals surface area contributed by atoms with Crippen molar-refractivity contribution in [3.63, 3.8) is 0 Å². The number of carbonyl (C=O) groups is 2. The van der Waals surface area contributed by atoms with Crippen LogP contribution in [0.5, 0.6) is 0 Å². The van der Waals surface area contributed by atoms with Crippen LogP contribution in [0.3, 0.4) is 0 Å². The van der Waals surface area contributed by atoms with Gasteiger partial charge < -0.3 is 15.1 Å². The summed E-state index contributed by atoms with van der Waals surface area (Å²) in [5.74, 6) is 0.0161. The van der Waals surface area contributed by atoms with Gasteiger partial charge in [0, 0.05) is 50.9 Å². The van der Waals surface area contributed by atoms with Crippen LogP contribution in [0.2, 0.25) is 0 Å². The van der Waals surface area contributed by atoms with Crippen LogP contribution in [0.15, 0.2) is 0 Å². The molecule has 1 fully saturated rings. The van der Waals surface area contributed by atoms with Gasteiger partial charge in [-0.05, 0) is 25.7 Å². The molecule has 132 valence electrons. The van der Waals surface area contributed by atoms with Gasteiger partial charge in [0.25, 0.3) is 5.91 Å². The number of urea groups is 1. The Bertz CT molecular complexity index is 619. The van der Waals surface area contributed by atoms with Gasteiger partial charge in [0.05, 0.1) is 6.54 Å². The highest BCUT2D eigenvalue weighted by atomic mass is 16.2. The number of piperidine rings is 1. The number of aryl methyl sites for hydroxylation is 1. The van der Waals surface area contributed by atoms with E-state index in [1.165, 1.54) is 6.42 Å². The van der Waals surface area contributed by atoms with E-state index < -0.39 is 0 Å². The Morgan fingerprint density at radius 2 is 1.88 bits per heavy atom. The first-order chi connectivity index (χ1) is 11.6. The van der Waals surface area contributed by atoms with Crippen LogP contribution in [-0.2, 0) is 20.0 Å².